The van der Waals surface area contributed by atoms with Crippen LogP contribution in [0, 0.1) is 0 Å². The summed E-state index contributed by atoms with van der Waals surface area (Å²) in [5, 5.41) is 9.01. The number of methoxy groups -OCH3 is 2. The van der Waals surface area contributed by atoms with E-state index in [0.717, 1.165) is 17.0 Å². The average Bonchev–Trinajstić information content (AvgIpc) is 3.32. The number of para-hydroxylation sites is 3. The zero-order valence-corrected chi connectivity index (χ0v) is 16.6. The van der Waals surface area contributed by atoms with E-state index in [1.54, 1.807) is 36.9 Å². The number of fused-ring (bicyclic) bond motifs is 1. The summed E-state index contributed by atoms with van der Waals surface area (Å²) in [5.74, 6) is 1.62. The molecule has 0 atom stereocenters. The monoisotopic (exact) mass is 410 g/mol. The Kier molecular flexibility index (Phi) is 5.30. The lowest BCUT2D eigenvalue weighted by Crippen LogP contribution is -2.21. The molecule has 0 saturated heterocycles. The first-order chi connectivity index (χ1) is 14.2. The molecule has 0 aliphatic heterocycles. The zero-order chi connectivity index (χ0) is 20.2. The summed E-state index contributed by atoms with van der Waals surface area (Å²) in [6.07, 6.45) is 0. The van der Waals surface area contributed by atoms with Crippen LogP contribution in [0.1, 0.15) is 0 Å². The lowest BCUT2D eigenvalue weighted by molar-refractivity contribution is -0.118. The van der Waals surface area contributed by atoms with Crippen LogP contribution in [0.4, 0.5) is 5.95 Å². The number of amides is 1. The number of thiazole rings is 1. The molecule has 148 valence electrons. The number of hydrogen-bond acceptors (Lipinski definition) is 7. The van der Waals surface area contributed by atoms with Gasteiger partial charge in [-0.2, -0.15) is 4.98 Å². The number of anilines is 1. The second kappa shape index (κ2) is 8.19. The first-order valence-electron chi connectivity index (χ1n) is 8.73. The van der Waals surface area contributed by atoms with E-state index in [0.29, 0.717) is 16.5 Å². The normalized spacial score (nSPS) is 10.7. The van der Waals surface area contributed by atoms with E-state index >= 15 is 0 Å². The van der Waals surface area contributed by atoms with E-state index in [4.69, 9.17) is 14.2 Å². The van der Waals surface area contributed by atoms with Crippen LogP contribution in [0.25, 0.3) is 16.2 Å². The Morgan fingerprint density at radius 3 is 2.48 bits per heavy atom. The Morgan fingerprint density at radius 2 is 1.72 bits per heavy atom. The van der Waals surface area contributed by atoms with Gasteiger partial charge in [-0.25, -0.2) is 4.52 Å². The first kappa shape index (κ1) is 18.8. The first-order valence-corrected chi connectivity index (χ1v) is 9.61. The van der Waals surface area contributed by atoms with Crippen LogP contribution in [0.5, 0.6) is 17.2 Å². The van der Waals surface area contributed by atoms with Gasteiger partial charge in [0.2, 0.25) is 4.96 Å². The molecule has 4 rings (SSSR count). The van der Waals surface area contributed by atoms with Crippen molar-refractivity contribution in [3.63, 3.8) is 0 Å². The maximum absolute atomic E-state index is 12.3. The molecule has 0 spiro atoms. The Hall–Kier alpha value is -3.59. The number of hydrogen-bond donors (Lipinski definition) is 1. The predicted molar refractivity (Wildman–Crippen MR) is 110 cm³/mol. The van der Waals surface area contributed by atoms with E-state index in [1.807, 2.05) is 35.7 Å². The summed E-state index contributed by atoms with van der Waals surface area (Å²) < 4.78 is 17.8. The fourth-order valence-electron chi connectivity index (χ4n) is 2.82. The minimum Gasteiger partial charge on any atom is -0.496 e. The minimum atomic E-state index is -0.368. The van der Waals surface area contributed by atoms with Gasteiger partial charge in [0, 0.05) is 10.9 Å². The van der Waals surface area contributed by atoms with Crippen LogP contribution in [-0.4, -0.2) is 41.3 Å². The van der Waals surface area contributed by atoms with Gasteiger partial charge in [-0.05, 0) is 24.3 Å². The van der Waals surface area contributed by atoms with Gasteiger partial charge in [0.1, 0.15) is 5.75 Å². The van der Waals surface area contributed by atoms with Gasteiger partial charge in [-0.1, -0.05) is 24.3 Å². The number of nitrogens with one attached hydrogen (secondary N) is 1. The van der Waals surface area contributed by atoms with Crippen molar-refractivity contribution in [2.75, 3.05) is 26.1 Å². The maximum Gasteiger partial charge on any atom is 0.264 e. The molecule has 0 unspecified atom stereocenters. The second-order valence-electron chi connectivity index (χ2n) is 5.94. The number of rotatable bonds is 7. The number of carbonyl (C=O) groups excluding carboxylic acids is 1. The summed E-state index contributed by atoms with van der Waals surface area (Å²) in [6, 6.07) is 14.8. The molecule has 2 aromatic heterocycles. The number of nitrogens with zero attached hydrogens (tertiary/aromatic N) is 3. The Morgan fingerprint density at radius 1 is 1.03 bits per heavy atom. The molecule has 0 fully saturated rings. The van der Waals surface area contributed by atoms with Crippen LogP contribution in [0.15, 0.2) is 53.9 Å². The largest absolute Gasteiger partial charge is 0.496 e. The van der Waals surface area contributed by atoms with Crippen molar-refractivity contribution in [2.45, 2.75) is 0 Å². The molecule has 4 aromatic rings. The molecule has 0 radical (unpaired) electrons. The molecular formula is C20H18N4O4S. The zero-order valence-electron chi connectivity index (χ0n) is 15.8. The van der Waals surface area contributed by atoms with Gasteiger partial charge in [0.25, 0.3) is 11.9 Å². The highest BCUT2D eigenvalue weighted by Gasteiger charge is 2.16. The molecule has 0 aliphatic carbocycles. The number of ether oxygens (including phenoxy) is 3. The molecule has 1 amide bonds. The second-order valence-corrected chi connectivity index (χ2v) is 6.78. The molecule has 8 nitrogen and oxygen atoms in total. The summed E-state index contributed by atoms with van der Waals surface area (Å²) in [7, 11) is 3.17. The van der Waals surface area contributed by atoms with Gasteiger partial charge < -0.3 is 14.2 Å². The highest BCUT2D eigenvalue weighted by Crippen LogP contribution is 2.32. The lowest BCUT2D eigenvalue weighted by Gasteiger charge is -2.09. The van der Waals surface area contributed by atoms with Crippen LogP contribution in [0.3, 0.4) is 0 Å². The molecule has 0 bridgehead atoms. The molecule has 2 aromatic carbocycles. The van der Waals surface area contributed by atoms with Gasteiger partial charge in [-0.3, -0.25) is 10.1 Å². The molecule has 2 heterocycles. The lowest BCUT2D eigenvalue weighted by atomic mass is 10.1. The van der Waals surface area contributed by atoms with Gasteiger partial charge >= 0.3 is 0 Å². The highest BCUT2D eigenvalue weighted by molar-refractivity contribution is 7.15. The minimum absolute atomic E-state index is 0.188. The fourth-order valence-corrected chi connectivity index (χ4v) is 3.64. The van der Waals surface area contributed by atoms with Crippen molar-refractivity contribution in [1.29, 1.82) is 0 Å². The smallest absolute Gasteiger partial charge is 0.264 e. The SMILES string of the molecule is COc1ccccc1OCC(=O)Nc1nc2scc(-c3ccccc3OC)n2n1. The predicted octanol–water partition coefficient (Wildman–Crippen LogP) is 3.49. The Balaban J connectivity index is 1.49. The standard InChI is InChI=1S/C20H18N4O4S/c1-26-15-8-4-3-7-13(15)14-12-29-20-22-19(23-24(14)20)21-18(25)11-28-17-10-6-5-9-16(17)27-2/h3-10,12H,11H2,1-2H3,(H,21,23,25). The maximum atomic E-state index is 12.3. The van der Waals surface area contributed by atoms with Crippen molar-refractivity contribution in [1.82, 2.24) is 14.6 Å². The van der Waals surface area contributed by atoms with Crippen molar-refractivity contribution in [3.05, 3.63) is 53.9 Å². The van der Waals surface area contributed by atoms with Crippen molar-refractivity contribution < 1.29 is 19.0 Å². The summed E-state index contributed by atoms with van der Waals surface area (Å²) in [6.45, 7) is -0.188. The third kappa shape index (κ3) is 3.85. The van der Waals surface area contributed by atoms with Crippen molar-refractivity contribution in [2.24, 2.45) is 0 Å². The van der Waals surface area contributed by atoms with Gasteiger partial charge in [0.15, 0.2) is 18.1 Å². The van der Waals surface area contributed by atoms with Gasteiger partial charge in [-0.15, -0.1) is 16.4 Å². The summed E-state index contributed by atoms with van der Waals surface area (Å²) >= 11 is 1.43. The van der Waals surface area contributed by atoms with E-state index < -0.39 is 0 Å². The Labute approximate surface area is 170 Å². The molecule has 0 aliphatic rings. The molecule has 1 N–H and O–H groups in total. The van der Waals surface area contributed by atoms with E-state index in [2.05, 4.69) is 15.4 Å². The quantitative estimate of drug-likeness (QED) is 0.502. The highest BCUT2D eigenvalue weighted by atomic mass is 32.1. The number of aromatic nitrogens is 3. The number of carbonyl (C=O) groups is 1. The van der Waals surface area contributed by atoms with E-state index in [1.165, 1.54) is 11.3 Å². The summed E-state index contributed by atoms with van der Waals surface area (Å²) in [5.41, 5.74) is 1.73. The fraction of sp³-hybridized carbons (Fsp3) is 0.150. The molecule has 0 saturated carbocycles. The summed E-state index contributed by atoms with van der Waals surface area (Å²) in [4.78, 5) is 17.3. The topological polar surface area (TPSA) is 87.0 Å². The molecular weight excluding hydrogens is 392 g/mol. The van der Waals surface area contributed by atoms with Crippen molar-refractivity contribution in [3.8, 4) is 28.5 Å². The van der Waals surface area contributed by atoms with Crippen LogP contribution < -0.4 is 19.5 Å². The average molecular weight is 410 g/mol. The van der Waals surface area contributed by atoms with E-state index in [-0.39, 0.29) is 18.5 Å². The van der Waals surface area contributed by atoms with Crippen LogP contribution in [0.2, 0.25) is 0 Å². The third-order valence-electron chi connectivity index (χ3n) is 4.14. The molecule has 29 heavy (non-hydrogen) atoms. The van der Waals surface area contributed by atoms with Crippen LogP contribution >= 0.6 is 11.3 Å². The molecule has 9 heteroatoms. The van der Waals surface area contributed by atoms with Crippen molar-refractivity contribution >= 4 is 28.2 Å². The van der Waals surface area contributed by atoms with Gasteiger partial charge in [0.05, 0.1) is 19.9 Å². The van der Waals surface area contributed by atoms with Crippen LogP contribution in [-0.2, 0) is 4.79 Å². The third-order valence-corrected chi connectivity index (χ3v) is 4.96. The van der Waals surface area contributed by atoms with E-state index in [9.17, 15) is 4.79 Å². The Bertz CT molecular complexity index is 1150. The number of benzene rings is 2.